The zero-order valence-corrected chi connectivity index (χ0v) is 12.2. The van der Waals surface area contributed by atoms with Crippen molar-refractivity contribution >= 4 is 0 Å². The van der Waals surface area contributed by atoms with E-state index in [2.05, 4.69) is 51.8 Å². The zero-order chi connectivity index (χ0) is 12.6. The van der Waals surface area contributed by atoms with Gasteiger partial charge >= 0.3 is 0 Å². The van der Waals surface area contributed by atoms with Gasteiger partial charge in [0.15, 0.2) is 0 Å². The Bertz CT molecular complexity index is 157. The van der Waals surface area contributed by atoms with E-state index in [-0.39, 0.29) is 0 Å². The third kappa shape index (κ3) is 5.86. The number of nitrogens with one attached hydrogen (secondary N) is 1. The van der Waals surface area contributed by atoms with E-state index in [0.717, 1.165) is 6.54 Å². The summed E-state index contributed by atoms with van der Waals surface area (Å²) in [7, 11) is 0. The van der Waals surface area contributed by atoms with Crippen molar-refractivity contribution in [3.63, 3.8) is 0 Å². The Morgan fingerprint density at radius 1 is 1.00 bits per heavy atom. The quantitative estimate of drug-likeness (QED) is 0.609. The number of unbranched alkanes of at least 4 members (excludes halogenated alkanes) is 2. The third-order valence-electron chi connectivity index (χ3n) is 3.46. The molecule has 0 amide bonds. The van der Waals surface area contributed by atoms with Gasteiger partial charge in [0.25, 0.3) is 0 Å². The summed E-state index contributed by atoms with van der Waals surface area (Å²) >= 11 is 0. The van der Waals surface area contributed by atoms with Gasteiger partial charge in [0.1, 0.15) is 0 Å². The molecule has 0 heterocycles. The number of nitrogens with zero attached hydrogens (tertiary/aromatic N) is 1. The predicted octanol–water partition coefficient (Wildman–Crippen LogP) is 3.27. The van der Waals surface area contributed by atoms with Crippen LogP contribution in [0.15, 0.2) is 0 Å². The highest BCUT2D eigenvalue weighted by atomic mass is 15.2. The summed E-state index contributed by atoms with van der Waals surface area (Å²) in [5.41, 5.74) is 0. The van der Waals surface area contributed by atoms with Crippen LogP contribution in [0.2, 0.25) is 0 Å². The van der Waals surface area contributed by atoms with E-state index in [1.54, 1.807) is 0 Å². The zero-order valence-electron chi connectivity index (χ0n) is 12.2. The first-order valence-electron chi connectivity index (χ1n) is 7.03. The van der Waals surface area contributed by atoms with Crippen LogP contribution < -0.4 is 5.32 Å². The summed E-state index contributed by atoms with van der Waals surface area (Å²) in [5, 5.41) is 3.53. The van der Waals surface area contributed by atoms with Crippen molar-refractivity contribution in [2.24, 2.45) is 0 Å². The molecule has 0 saturated carbocycles. The lowest BCUT2D eigenvalue weighted by Gasteiger charge is -2.36. The largest absolute Gasteiger partial charge is 0.313 e. The molecule has 0 saturated heterocycles. The maximum Gasteiger partial charge on any atom is 0.0221 e. The van der Waals surface area contributed by atoms with Gasteiger partial charge in [-0.25, -0.2) is 0 Å². The molecule has 0 bridgehead atoms. The minimum atomic E-state index is 0.578. The van der Waals surface area contributed by atoms with Crippen molar-refractivity contribution < 1.29 is 0 Å². The molecule has 0 aliphatic heterocycles. The summed E-state index contributed by atoms with van der Waals surface area (Å²) in [6.07, 6.45) is 3.99. The Morgan fingerprint density at radius 2 is 1.62 bits per heavy atom. The standard InChI is InChI=1S/C14H32N2/c1-7-9-10-11-16(12(3)4)14(6)13(5)15-8-2/h12-15H,7-11H2,1-6H3. The van der Waals surface area contributed by atoms with Crippen molar-refractivity contribution in [3.05, 3.63) is 0 Å². The van der Waals surface area contributed by atoms with E-state index in [1.807, 2.05) is 0 Å². The van der Waals surface area contributed by atoms with Gasteiger partial charge in [0.05, 0.1) is 0 Å². The first-order valence-corrected chi connectivity index (χ1v) is 7.03. The fraction of sp³-hybridized carbons (Fsp3) is 1.00. The van der Waals surface area contributed by atoms with Gasteiger partial charge in [-0.1, -0.05) is 26.7 Å². The van der Waals surface area contributed by atoms with Gasteiger partial charge in [-0.2, -0.15) is 0 Å². The fourth-order valence-corrected chi connectivity index (χ4v) is 2.26. The molecule has 0 radical (unpaired) electrons. The van der Waals surface area contributed by atoms with E-state index in [9.17, 15) is 0 Å². The minimum Gasteiger partial charge on any atom is -0.313 e. The fourth-order valence-electron chi connectivity index (χ4n) is 2.26. The maximum atomic E-state index is 3.53. The normalized spacial score (nSPS) is 15.8. The molecule has 0 aliphatic carbocycles. The van der Waals surface area contributed by atoms with E-state index in [4.69, 9.17) is 0 Å². The Morgan fingerprint density at radius 3 is 2.06 bits per heavy atom. The van der Waals surface area contributed by atoms with Crippen LogP contribution in [0, 0.1) is 0 Å². The molecule has 2 atom stereocenters. The van der Waals surface area contributed by atoms with Crippen molar-refractivity contribution in [2.45, 2.75) is 78.9 Å². The van der Waals surface area contributed by atoms with E-state index in [1.165, 1.54) is 25.8 Å². The Balaban J connectivity index is 4.17. The molecule has 1 N–H and O–H groups in total. The van der Waals surface area contributed by atoms with Crippen LogP contribution in [-0.4, -0.2) is 36.1 Å². The van der Waals surface area contributed by atoms with Gasteiger partial charge in [0.2, 0.25) is 0 Å². The minimum absolute atomic E-state index is 0.578. The van der Waals surface area contributed by atoms with Crippen LogP contribution in [0.1, 0.15) is 60.8 Å². The van der Waals surface area contributed by atoms with E-state index >= 15 is 0 Å². The monoisotopic (exact) mass is 228 g/mol. The van der Waals surface area contributed by atoms with Gasteiger partial charge in [-0.3, -0.25) is 4.90 Å². The summed E-state index contributed by atoms with van der Waals surface area (Å²) in [5.74, 6) is 0. The van der Waals surface area contributed by atoms with Gasteiger partial charge in [0, 0.05) is 18.1 Å². The van der Waals surface area contributed by atoms with E-state index < -0.39 is 0 Å². The average Bonchev–Trinajstić information content (AvgIpc) is 2.23. The number of hydrogen-bond acceptors (Lipinski definition) is 2. The second-order valence-electron chi connectivity index (χ2n) is 5.13. The lowest BCUT2D eigenvalue weighted by molar-refractivity contribution is 0.134. The van der Waals surface area contributed by atoms with Gasteiger partial charge < -0.3 is 5.32 Å². The van der Waals surface area contributed by atoms with Gasteiger partial charge in [-0.05, 0) is 47.2 Å². The topological polar surface area (TPSA) is 15.3 Å². The second kappa shape index (κ2) is 9.00. The van der Waals surface area contributed by atoms with Crippen molar-refractivity contribution in [3.8, 4) is 0 Å². The number of likely N-dealkylation sites (N-methyl/N-ethyl adjacent to an activating group) is 1. The summed E-state index contributed by atoms with van der Waals surface area (Å²) < 4.78 is 0. The van der Waals surface area contributed by atoms with Crippen LogP contribution in [-0.2, 0) is 0 Å². The highest BCUT2D eigenvalue weighted by Crippen LogP contribution is 2.11. The molecular weight excluding hydrogens is 196 g/mol. The summed E-state index contributed by atoms with van der Waals surface area (Å²) in [6.45, 7) is 16.0. The highest BCUT2D eigenvalue weighted by molar-refractivity contribution is 4.79. The van der Waals surface area contributed by atoms with Crippen LogP contribution in [0.4, 0.5) is 0 Å². The molecule has 98 valence electrons. The Kier molecular flexibility index (Phi) is 8.96. The van der Waals surface area contributed by atoms with Crippen LogP contribution in [0.25, 0.3) is 0 Å². The lowest BCUT2D eigenvalue weighted by atomic mass is 10.1. The second-order valence-corrected chi connectivity index (χ2v) is 5.13. The first-order chi connectivity index (χ1) is 7.54. The molecule has 16 heavy (non-hydrogen) atoms. The molecule has 0 aromatic rings. The molecule has 0 fully saturated rings. The molecule has 0 aromatic carbocycles. The molecule has 2 heteroatoms. The molecule has 0 aromatic heterocycles. The smallest absolute Gasteiger partial charge is 0.0221 e. The molecular formula is C14H32N2. The lowest BCUT2D eigenvalue weighted by Crippen LogP contribution is -2.49. The van der Waals surface area contributed by atoms with Crippen LogP contribution >= 0.6 is 0 Å². The highest BCUT2D eigenvalue weighted by Gasteiger charge is 2.21. The summed E-state index contributed by atoms with van der Waals surface area (Å²) in [4.78, 5) is 2.63. The van der Waals surface area contributed by atoms with Crippen molar-refractivity contribution in [1.82, 2.24) is 10.2 Å². The average molecular weight is 228 g/mol. The van der Waals surface area contributed by atoms with E-state index in [0.29, 0.717) is 18.1 Å². The molecule has 0 spiro atoms. The molecule has 2 unspecified atom stereocenters. The van der Waals surface area contributed by atoms with Crippen molar-refractivity contribution in [2.75, 3.05) is 13.1 Å². The van der Waals surface area contributed by atoms with Gasteiger partial charge in [-0.15, -0.1) is 0 Å². The van der Waals surface area contributed by atoms with Crippen LogP contribution in [0.5, 0.6) is 0 Å². The summed E-state index contributed by atoms with van der Waals surface area (Å²) in [6, 6.07) is 1.85. The first kappa shape index (κ1) is 15.9. The maximum absolute atomic E-state index is 3.53. The Labute approximate surface area is 103 Å². The van der Waals surface area contributed by atoms with Crippen LogP contribution in [0.3, 0.4) is 0 Å². The number of rotatable bonds is 9. The molecule has 0 rings (SSSR count). The SMILES string of the molecule is CCCCCN(C(C)C)C(C)C(C)NCC. The number of hydrogen-bond donors (Lipinski definition) is 1. The predicted molar refractivity (Wildman–Crippen MR) is 74.0 cm³/mol. The molecule has 0 aliphatic rings. The third-order valence-corrected chi connectivity index (χ3v) is 3.46. The molecule has 2 nitrogen and oxygen atoms in total. The Hall–Kier alpha value is -0.0800. The van der Waals surface area contributed by atoms with Crippen molar-refractivity contribution in [1.29, 1.82) is 0 Å².